The molecule has 1 fully saturated rings. The minimum Gasteiger partial charge on any atom is -0.460 e. The molecular formula is C20H25BClN3O4. The van der Waals surface area contributed by atoms with Gasteiger partial charge in [0.2, 0.25) is 0 Å². The van der Waals surface area contributed by atoms with Crippen LogP contribution in [0.25, 0.3) is 10.9 Å². The van der Waals surface area contributed by atoms with Crippen molar-refractivity contribution in [1.29, 1.82) is 0 Å². The first-order valence-corrected chi connectivity index (χ1v) is 10.2. The SMILES string of the molecule is Bc1cc2ncn(CC(=O)CC3NCCCC3OC(=O)C(C)C)c(=O)c2cc1Cl. The number of aromatic nitrogens is 2. The van der Waals surface area contributed by atoms with Crippen LogP contribution in [0.15, 0.2) is 23.3 Å². The molecule has 2 heterocycles. The molecule has 1 aliphatic heterocycles. The number of esters is 1. The van der Waals surface area contributed by atoms with Gasteiger partial charge in [-0.3, -0.25) is 19.0 Å². The molecular weight excluding hydrogens is 393 g/mol. The van der Waals surface area contributed by atoms with Crippen molar-refractivity contribution in [3.05, 3.63) is 33.8 Å². The zero-order valence-electron chi connectivity index (χ0n) is 16.9. The van der Waals surface area contributed by atoms with Gasteiger partial charge in [-0.25, -0.2) is 4.98 Å². The molecule has 1 aromatic heterocycles. The Morgan fingerprint density at radius 3 is 2.90 bits per heavy atom. The number of Topliss-reactive ketones (excluding diaryl/α,β-unsaturated/α-hetero) is 1. The lowest BCUT2D eigenvalue weighted by atomic mass is 9.95. The quantitative estimate of drug-likeness (QED) is 0.546. The van der Waals surface area contributed by atoms with Crippen molar-refractivity contribution in [3.63, 3.8) is 0 Å². The number of halogens is 1. The summed E-state index contributed by atoms with van der Waals surface area (Å²) in [4.78, 5) is 41.6. The monoisotopic (exact) mass is 417 g/mol. The molecule has 7 nitrogen and oxygen atoms in total. The number of benzene rings is 1. The molecule has 2 unspecified atom stereocenters. The highest BCUT2D eigenvalue weighted by Gasteiger charge is 2.30. The second-order valence-corrected chi connectivity index (χ2v) is 8.28. The number of carbonyl (C=O) groups excluding carboxylic acids is 2. The van der Waals surface area contributed by atoms with E-state index in [0.717, 1.165) is 24.8 Å². The molecule has 154 valence electrons. The van der Waals surface area contributed by atoms with E-state index in [1.54, 1.807) is 26.0 Å². The van der Waals surface area contributed by atoms with Gasteiger partial charge in [-0.05, 0) is 31.5 Å². The maximum Gasteiger partial charge on any atom is 0.308 e. The Kier molecular flexibility index (Phi) is 6.75. The van der Waals surface area contributed by atoms with Crippen molar-refractivity contribution in [2.45, 2.75) is 51.8 Å². The van der Waals surface area contributed by atoms with Crippen molar-refractivity contribution in [3.8, 4) is 0 Å². The van der Waals surface area contributed by atoms with Gasteiger partial charge in [0.1, 0.15) is 14.0 Å². The average molecular weight is 418 g/mol. The Hall–Kier alpha value is -2.19. The Morgan fingerprint density at radius 2 is 2.17 bits per heavy atom. The van der Waals surface area contributed by atoms with Crippen LogP contribution in [0.3, 0.4) is 0 Å². The second kappa shape index (κ2) is 9.09. The summed E-state index contributed by atoms with van der Waals surface area (Å²) in [5, 5.41) is 4.14. The third-order valence-electron chi connectivity index (χ3n) is 5.16. The van der Waals surface area contributed by atoms with Gasteiger partial charge < -0.3 is 10.1 Å². The Labute approximate surface area is 175 Å². The van der Waals surface area contributed by atoms with Crippen molar-refractivity contribution in [2.75, 3.05) is 6.54 Å². The average Bonchev–Trinajstić information content (AvgIpc) is 2.67. The van der Waals surface area contributed by atoms with E-state index in [-0.39, 0.29) is 48.3 Å². The predicted octanol–water partition coefficient (Wildman–Crippen LogP) is 0.587. The number of ketones is 1. The first-order chi connectivity index (χ1) is 13.8. The highest BCUT2D eigenvalue weighted by molar-refractivity contribution is 6.45. The fourth-order valence-corrected chi connectivity index (χ4v) is 3.61. The molecule has 0 aliphatic carbocycles. The van der Waals surface area contributed by atoms with Crippen LogP contribution in [0.5, 0.6) is 0 Å². The lowest BCUT2D eigenvalue weighted by Gasteiger charge is -2.32. The van der Waals surface area contributed by atoms with E-state index in [2.05, 4.69) is 10.3 Å². The van der Waals surface area contributed by atoms with E-state index in [1.165, 1.54) is 10.9 Å². The summed E-state index contributed by atoms with van der Waals surface area (Å²) in [7, 11) is 1.85. The summed E-state index contributed by atoms with van der Waals surface area (Å²) in [6, 6.07) is 3.09. The largest absolute Gasteiger partial charge is 0.460 e. The van der Waals surface area contributed by atoms with Crippen molar-refractivity contribution in [2.24, 2.45) is 5.92 Å². The summed E-state index contributed by atoms with van der Waals surface area (Å²) in [5.74, 6) is -0.610. The Morgan fingerprint density at radius 1 is 1.41 bits per heavy atom. The molecule has 2 atom stereocenters. The predicted molar refractivity (Wildman–Crippen MR) is 115 cm³/mol. The van der Waals surface area contributed by atoms with Gasteiger partial charge >= 0.3 is 5.97 Å². The van der Waals surface area contributed by atoms with E-state index < -0.39 is 0 Å². The number of ether oxygens (including phenoxy) is 1. The van der Waals surface area contributed by atoms with Gasteiger partial charge in [0, 0.05) is 11.4 Å². The summed E-state index contributed by atoms with van der Waals surface area (Å²) >= 11 is 6.13. The van der Waals surface area contributed by atoms with Crippen LogP contribution in [0, 0.1) is 5.92 Å². The molecule has 0 radical (unpaired) electrons. The standard InChI is InChI=1S/C20H25BClN3O4/c1-11(2)20(28)29-18-4-3-5-23-17(18)6-12(26)9-25-10-24-16-8-14(21)15(22)7-13(16)19(25)27/h7-8,10-11,17-18,23H,3-6,9,21H2,1-2H3. The van der Waals surface area contributed by atoms with E-state index in [1.807, 2.05) is 7.85 Å². The minimum absolute atomic E-state index is 0.0870. The molecule has 9 heteroatoms. The van der Waals surface area contributed by atoms with Gasteiger partial charge in [-0.1, -0.05) is 30.9 Å². The molecule has 0 spiro atoms. The van der Waals surface area contributed by atoms with E-state index in [0.29, 0.717) is 15.9 Å². The molecule has 1 saturated heterocycles. The maximum atomic E-state index is 12.7. The highest BCUT2D eigenvalue weighted by atomic mass is 35.5. The summed E-state index contributed by atoms with van der Waals surface area (Å²) in [6.07, 6.45) is 2.83. The number of nitrogens with one attached hydrogen (secondary N) is 1. The zero-order chi connectivity index (χ0) is 21.1. The number of nitrogens with zero attached hydrogens (tertiary/aromatic N) is 2. The van der Waals surface area contributed by atoms with Crippen LogP contribution < -0.4 is 16.3 Å². The summed E-state index contributed by atoms with van der Waals surface area (Å²) in [6.45, 7) is 4.25. The van der Waals surface area contributed by atoms with Crippen molar-refractivity contribution < 1.29 is 14.3 Å². The first-order valence-electron chi connectivity index (χ1n) is 9.87. The van der Waals surface area contributed by atoms with Crippen LogP contribution in [0.2, 0.25) is 5.02 Å². The number of piperidine rings is 1. The van der Waals surface area contributed by atoms with E-state index in [4.69, 9.17) is 16.3 Å². The van der Waals surface area contributed by atoms with Crippen LogP contribution in [-0.4, -0.2) is 47.8 Å². The van der Waals surface area contributed by atoms with Crippen LogP contribution in [0.4, 0.5) is 0 Å². The molecule has 0 bridgehead atoms. The number of hydrogen-bond acceptors (Lipinski definition) is 6. The fourth-order valence-electron chi connectivity index (χ4n) is 3.45. The van der Waals surface area contributed by atoms with Crippen LogP contribution in [-0.2, 0) is 20.9 Å². The molecule has 3 rings (SSSR count). The molecule has 1 N–H and O–H groups in total. The lowest BCUT2D eigenvalue weighted by molar-refractivity contribution is -0.156. The maximum absolute atomic E-state index is 12.7. The molecule has 2 aromatic rings. The number of carbonyl (C=O) groups is 2. The number of rotatable bonds is 6. The molecule has 0 saturated carbocycles. The van der Waals surface area contributed by atoms with E-state index in [9.17, 15) is 14.4 Å². The van der Waals surface area contributed by atoms with Gasteiger partial charge in [0.05, 0.1) is 35.7 Å². The van der Waals surface area contributed by atoms with Gasteiger partial charge in [0.15, 0.2) is 5.78 Å². The van der Waals surface area contributed by atoms with Gasteiger partial charge in [0.25, 0.3) is 5.56 Å². The fraction of sp³-hybridized carbons (Fsp3) is 0.500. The number of fused-ring (bicyclic) bond motifs is 1. The smallest absolute Gasteiger partial charge is 0.308 e. The van der Waals surface area contributed by atoms with E-state index >= 15 is 0 Å². The first kappa shape index (κ1) is 21.5. The zero-order valence-corrected chi connectivity index (χ0v) is 17.7. The van der Waals surface area contributed by atoms with Gasteiger partial charge in [-0.2, -0.15) is 0 Å². The van der Waals surface area contributed by atoms with Crippen molar-refractivity contribution in [1.82, 2.24) is 14.9 Å². The van der Waals surface area contributed by atoms with Crippen LogP contribution in [0.1, 0.15) is 33.1 Å². The molecule has 29 heavy (non-hydrogen) atoms. The lowest BCUT2D eigenvalue weighted by Crippen LogP contribution is -2.48. The van der Waals surface area contributed by atoms with Gasteiger partial charge in [-0.15, -0.1) is 0 Å². The Bertz CT molecular complexity index is 992. The third kappa shape index (κ3) is 5.06. The highest BCUT2D eigenvalue weighted by Crippen LogP contribution is 2.18. The van der Waals surface area contributed by atoms with Crippen LogP contribution >= 0.6 is 11.6 Å². The normalized spacial score (nSPS) is 19.4. The number of hydrogen-bond donors (Lipinski definition) is 1. The van der Waals surface area contributed by atoms with Crippen molar-refractivity contribution >= 4 is 47.6 Å². The molecule has 1 aromatic carbocycles. The summed E-state index contributed by atoms with van der Waals surface area (Å²) < 4.78 is 6.87. The third-order valence-corrected chi connectivity index (χ3v) is 5.57. The second-order valence-electron chi connectivity index (χ2n) is 7.87. The Balaban J connectivity index is 1.72. The molecule has 1 aliphatic rings. The topological polar surface area (TPSA) is 90.3 Å². The summed E-state index contributed by atoms with van der Waals surface area (Å²) in [5.41, 5.74) is 1.09. The molecule has 0 amide bonds. The minimum atomic E-state index is -0.337.